The van der Waals surface area contributed by atoms with Gasteiger partial charge in [-0.3, -0.25) is 0 Å². The number of nitrogens with zero attached hydrogens (tertiary/aromatic N) is 4. The van der Waals surface area contributed by atoms with Crippen molar-refractivity contribution in [2.24, 2.45) is 7.05 Å². The summed E-state index contributed by atoms with van der Waals surface area (Å²) in [4.78, 5) is 7.14. The van der Waals surface area contributed by atoms with Crippen LogP contribution in [0.5, 0.6) is 0 Å². The Balaban J connectivity index is 0.000000413. The summed E-state index contributed by atoms with van der Waals surface area (Å²) in [5.41, 5.74) is 15.3. The van der Waals surface area contributed by atoms with Crippen molar-refractivity contribution in [2.75, 3.05) is 28.8 Å². The number of benzene rings is 6. The number of aryl methyl sites for hydroxylation is 2. The summed E-state index contributed by atoms with van der Waals surface area (Å²) in [6.07, 6.45) is 1.05. The Kier molecular flexibility index (Phi) is 7.02. The van der Waals surface area contributed by atoms with E-state index in [1.807, 2.05) is 18.2 Å². The molecule has 9 rings (SSSR count). The minimum Gasteiger partial charge on any atom is -0.344 e. The van der Waals surface area contributed by atoms with E-state index >= 15 is 0 Å². The van der Waals surface area contributed by atoms with Gasteiger partial charge in [0.2, 0.25) is 0 Å². The van der Waals surface area contributed by atoms with Crippen molar-refractivity contribution in [1.82, 2.24) is 4.57 Å². The van der Waals surface area contributed by atoms with E-state index in [9.17, 15) is 0 Å². The molecule has 4 nitrogen and oxygen atoms in total. The second-order valence-corrected chi connectivity index (χ2v) is 13.0. The van der Waals surface area contributed by atoms with Crippen molar-refractivity contribution < 1.29 is 0 Å². The maximum Gasteiger partial charge on any atom is 0.0720 e. The highest BCUT2D eigenvalue weighted by Gasteiger charge is 2.30. The molecule has 0 radical (unpaired) electrons. The first-order chi connectivity index (χ1) is 22.9. The summed E-state index contributed by atoms with van der Waals surface area (Å²) in [6, 6.07) is 48.2. The van der Waals surface area contributed by atoms with E-state index in [4.69, 9.17) is 0 Å². The van der Waals surface area contributed by atoms with Crippen molar-refractivity contribution in [3.8, 4) is 0 Å². The summed E-state index contributed by atoms with van der Waals surface area (Å²) in [5.74, 6) is 0.432. The fourth-order valence-corrected chi connectivity index (χ4v) is 7.58. The lowest BCUT2D eigenvalue weighted by molar-refractivity contribution is 0.770. The molecule has 6 aromatic carbocycles. The third-order valence-electron chi connectivity index (χ3n) is 10.1. The van der Waals surface area contributed by atoms with Gasteiger partial charge in [-0.25, -0.2) is 0 Å². The van der Waals surface area contributed by atoms with Gasteiger partial charge < -0.3 is 19.3 Å². The van der Waals surface area contributed by atoms with Crippen LogP contribution in [0, 0.1) is 6.92 Å². The molecule has 0 spiro atoms. The van der Waals surface area contributed by atoms with Crippen LogP contribution in [0.15, 0.2) is 133 Å². The third-order valence-corrected chi connectivity index (χ3v) is 10.1. The smallest absolute Gasteiger partial charge is 0.0720 e. The topological polar surface area (TPSA) is 14.7 Å². The molecule has 2 aliphatic rings. The molecule has 47 heavy (non-hydrogen) atoms. The zero-order valence-electron chi connectivity index (χ0n) is 27.8. The van der Waals surface area contributed by atoms with Gasteiger partial charge in [0, 0.05) is 49.0 Å². The van der Waals surface area contributed by atoms with Crippen LogP contribution in [0.4, 0.5) is 39.8 Å². The molecular weight excluding hydrogens is 573 g/mol. The van der Waals surface area contributed by atoms with Crippen molar-refractivity contribution in [1.29, 1.82) is 0 Å². The first kappa shape index (κ1) is 29.0. The van der Waals surface area contributed by atoms with E-state index in [1.165, 1.54) is 78.3 Å². The molecule has 232 valence electrons. The Bertz CT molecular complexity index is 2250. The lowest BCUT2D eigenvalue weighted by Gasteiger charge is -2.38. The Hall–Kier alpha value is -5.48. The predicted molar refractivity (Wildman–Crippen MR) is 201 cm³/mol. The van der Waals surface area contributed by atoms with E-state index in [0.717, 1.165) is 6.42 Å². The Morgan fingerprint density at radius 2 is 1.06 bits per heavy atom. The van der Waals surface area contributed by atoms with Crippen LogP contribution in [0.25, 0.3) is 21.8 Å². The second kappa shape index (κ2) is 11.4. The second-order valence-electron chi connectivity index (χ2n) is 13.0. The first-order valence-corrected chi connectivity index (χ1v) is 16.5. The Morgan fingerprint density at radius 3 is 1.74 bits per heavy atom. The largest absolute Gasteiger partial charge is 0.344 e. The van der Waals surface area contributed by atoms with Crippen LogP contribution < -0.4 is 14.7 Å². The van der Waals surface area contributed by atoms with E-state index in [-0.39, 0.29) is 0 Å². The van der Waals surface area contributed by atoms with Gasteiger partial charge in [0.25, 0.3) is 0 Å². The zero-order chi connectivity index (χ0) is 32.2. The third kappa shape index (κ3) is 4.75. The lowest BCUT2D eigenvalue weighted by Crippen LogP contribution is -2.24. The number of rotatable bonds is 1. The van der Waals surface area contributed by atoms with Crippen LogP contribution in [-0.2, 0) is 13.5 Å². The van der Waals surface area contributed by atoms with E-state index < -0.39 is 0 Å². The molecule has 7 aromatic rings. The van der Waals surface area contributed by atoms with Crippen LogP contribution in [-0.4, -0.2) is 18.7 Å². The van der Waals surface area contributed by atoms with Crippen molar-refractivity contribution in [2.45, 2.75) is 26.2 Å². The SMILES string of the molecule is CC1Cc2ccccc2N(C)c2cc3c(cc21)c1cc2c(cc1n3C)N(c1ccccc1)c1ccccc1N2C.Cc1ccccc1. The highest BCUT2D eigenvalue weighted by molar-refractivity contribution is 6.14. The summed E-state index contributed by atoms with van der Waals surface area (Å²) in [6.45, 7) is 4.45. The lowest BCUT2D eigenvalue weighted by atomic mass is 9.92. The monoisotopic (exact) mass is 612 g/mol. The molecule has 3 heterocycles. The highest BCUT2D eigenvalue weighted by Crippen LogP contribution is 2.53. The van der Waals surface area contributed by atoms with Gasteiger partial charge in [0.1, 0.15) is 0 Å². The van der Waals surface area contributed by atoms with Crippen LogP contribution >= 0.6 is 0 Å². The zero-order valence-corrected chi connectivity index (χ0v) is 27.8. The maximum absolute atomic E-state index is 2.47. The van der Waals surface area contributed by atoms with Gasteiger partial charge in [-0.15, -0.1) is 0 Å². The quantitative estimate of drug-likeness (QED) is 0.183. The Labute approximate surface area is 277 Å². The average Bonchev–Trinajstić information content (AvgIpc) is 3.31. The van der Waals surface area contributed by atoms with Gasteiger partial charge in [-0.05, 0) is 85.0 Å². The van der Waals surface area contributed by atoms with E-state index in [0.29, 0.717) is 5.92 Å². The number of para-hydroxylation sites is 4. The van der Waals surface area contributed by atoms with Crippen LogP contribution in [0.1, 0.15) is 29.5 Å². The minimum atomic E-state index is 0.432. The number of hydrogen-bond acceptors (Lipinski definition) is 3. The highest BCUT2D eigenvalue weighted by atomic mass is 15.3. The van der Waals surface area contributed by atoms with Crippen molar-refractivity contribution >= 4 is 61.6 Å². The summed E-state index contributed by atoms with van der Waals surface area (Å²) in [7, 11) is 6.62. The van der Waals surface area contributed by atoms with Crippen molar-refractivity contribution in [3.05, 3.63) is 150 Å². The number of anilines is 7. The molecule has 0 saturated carbocycles. The standard InChI is InChI=1S/C36H32N4.C7H8/c1-23-18-24-12-8-9-15-29(24)37(2)32-21-33-27(19-26(23)32)28-20-35-36(22-34(28)39(33)4)40(25-13-6-5-7-14-25)31-17-11-10-16-30(31)38(35)3;1-7-5-3-2-4-6-7/h5-17,19-23H,18H2,1-4H3;2-6H,1H3. The van der Waals surface area contributed by atoms with Gasteiger partial charge in [-0.1, -0.05) is 91.3 Å². The van der Waals surface area contributed by atoms with Gasteiger partial charge in [0.05, 0.1) is 33.8 Å². The maximum atomic E-state index is 2.47. The van der Waals surface area contributed by atoms with Crippen molar-refractivity contribution in [3.63, 3.8) is 0 Å². The normalized spacial score (nSPS) is 14.9. The van der Waals surface area contributed by atoms with Crippen LogP contribution in [0.3, 0.4) is 0 Å². The molecule has 0 amide bonds. The molecule has 0 aliphatic carbocycles. The molecule has 0 N–H and O–H groups in total. The van der Waals surface area contributed by atoms with Crippen LogP contribution in [0.2, 0.25) is 0 Å². The number of fused-ring (bicyclic) bond motifs is 7. The average molecular weight is 613 g/mol. The van der Waals surface area contributed by atoms with E-state index in [2.05, 4.69) is 170 Å². The summed E-state index contributed by atoms with van der Waals surface area (Å²) >= 11 is 0. The Morgan fingerprint density at radius 1 is 0.511 bits per heavy atom. The molecule has 4 heteroatoms. The molecule has 0 fully saturated rings. The molecule has 2 aliphatic heterocycles. The van der Waals surface area contributed by atoms with E-state index in [1.54, 1.807) is 0 Å². The van der Waals surface area contributed by atoms with Gasteiger partial charge in [-0.2, -0.15) is 0 Å². The molecule has 1 unspecified atom stereocenters. The van der Waals surface area contributed by atoms with Gasteiger partial charge in [0.15, 0.2) is 0 Å². The molecule has 0 bridgehead atoms. The fourth-order valence-electron chi connectivity index (χ4n) is 7.58. The van der Waals surface area contributed by atoms with Gasteiger partial charge >= 0.3 is 0 Å². The number of hydrogen-bond donors (Lipinski definition) is 0. The minimum absolute atomic E-state index is 0.432. The first-order valence-electron chi connectivity index (χ1n) is 16.5. The molecule has 0 saturated heterocycles. The number of aromatic nitrogens is 1. The molecule has 1 atom stereocenters. The summed E-state index contributed by atoms with van der Waals surface area (Å²) < 4.78 is 2.38. The summed E-state index contributed by atoms with van der Waals surface area (Å²) in [5, 5.41) is 2.62. The fraction of sp³-hybridized carbons (Fsp3) is 0.163. The predicted octanol–water partition coefficient (Wildman–Crippen LogP) is 11.3. The molecular formula is C43H40N4. The molecule has 1 aromatic heterocycles.